The van der Waals surface area contributed by atoms with E-state index in [1.54, 1.807) is 0 Å². The van der Waals surface area contributed by atoms with E-state index in [1.807, 2.05) is 7.11 Å². The minimum atomic E-state index is -1.87. The number of aliphatic hydroxyl groups excluding tert-OH is 1. The van der Waals surface area contributed by atoms with Crippen molar-refractivity contribution in [1.29, 1.82) is 0 Å². The van der Waals surface area contributed by atoms with Crippen LogP contribution in [0.15, 0.2) is 0 Å². The first-order valence-electron chi connectivity index (χ1n) is 20.7. The number of nitrogens with zero attached hydrogens (tertiary/aromatic N) is 2. The molecule has 4 aliphatic carbocycles. The van der Waals surface area contributed by atoms with Crippen molar-refractivity contribution in [2.24, 2.45) is 23.7 Å². The van der Waals surface area contributed by atoms with Crippen molar-refractivity contribution in [2.75, 3.05) is 26.7 Å². The molecule has 49 heavy (non-hydrogen) atoms. The number of methoxy groups -OCH3 is 1. The largest absolute Gasteiger partial charge is 0.391 e. The van der Waals surface area contributed by atoms with Gasteiger partial charge in [0, 0.05) is 42.6 Å². The first-order valence-corrected chi connectivity index (χ1v) is 25.1. The lowest BCUT2D eigenvalue weighted by atomic mass is 9.71. The van der Waals surface area contributed by atoms with Gasteiger partial charge in [0.2, 0.25) is 0 Å². The van der Waals surface area contributed by atoms with E-state index in [1.165, 1.54) is 83.5 Å². The number of nitrogens with one attached hydrogen (secondary N) is 2. The summed E-state index contributed by atoms with van der Waals surface area (Å²) in [6.45, 7) is 10.4. The molecule has 8 nitrogen and oxygen atoms in total. The Morgan fingerprint density at radius 3 is 2.39 bits per heavy atom. The maximum Gasteiger partial charge on any atom is 0.255 e. The highest BCUT2D eigenvalue weighted by atomic mass is 127. The normalized spacial score (nSPS) is 43.4. The summed E-state index contributed by atoms with van der Waals surface area (Å²) in [5.41, 5.74) is 7.44. The lowest BCUT2D eigenvalue weighted by Crippen LogP contribution is -2.51. The minimum Gasteiger partial charge on any atom is -0.391 e. The van der Waals surface area contributed by atoms with Crippen LogP contribution >= 0.6 is 22.6 Å². The molecule has 8 atom stereocenters. The van der Waals surface area contributed by atoms with Crippen molar-refractivity contribution < 1.29 is 19.4 Å². The summed E-state index contributed by atoms with van der Waals surface area (Å²) in [6, 6.07) is 0.416. The van der Waals surface area contributed by atoms with Crippen molar-refractivity contribution in [3.05, 3.63) is 0 Å². The third-order valence-electron chi connectivity index (χ3n) is 15.4. The van der Waals surface area contributed by atoms with Gasteiger partial charge in [-0.2, -0.15) is 5.53 Å². The zero-order valence-corrected chi connectivity index (χ0v) is 34.4. The van der Waals surface area contributed by atoms with Crippen LogP contribution in [0, 0.1) is 23.7 Å². The Balaban J connectivity index is 1.11. The number of amides is 1. The van der Waals surface area contributed by atoms with Crippen LogP contribution in [-0.4, -0.2) is 95.7 Å². The molecule has 3 heterocycles. The summed E-state index contributed by atoms with van der Waals surface area (Å²) >= 11 is 2.63. The van der Waals surface area contributed by atoms with Crippen LogP contribution in [0.5, 0.6) is 0 Å². The molecule has 7 aliphatic rings. The van der Waals surface area contributed by atoms with Crippen LogP contribution < -0.4 is 11.0 Å². The highest BCUT2D eigenvalue weighted by Crippen LogP contribution is 2.62. The number of rotatable bonds is 10. The number of alkyl halides is 1. The van der Waals surface area contributed by atoms with Gasteiger partial charge in [-0.15, -0.1) is 0 Å². The zero-order chi connectivity index (χ0) is 34.3. The number of ether oxygens (including phenoxy) is 2. The predicted molar refractivity (Wildman–Crippen MR) is 207 cm³/mol. The molecule has 7 rings (SSSR count). The number of hydrogen-bond donors (Lipinski definition) is 3. The number of carbonyl (C=O) groups excluding carboxylic acids is 1. The first kappa shape index (κ1) is 37.5. The van der Waals surface area contributed by atoms with E-state index in [2.05, 4.69) is 63.5 Å². The van der Waals surface area contributed by atoms with Gasteiger partial charge in [-0.1, -0.05) is 87.6 Å². The summed E-state index contributed by atoms with van der Waals surface area (Å²) < 4.78 is 14.2. The van der Waals surface area contributed by atoms with Crippen molar-refractivity contribution in [1.82, 2.24) is 20.9 Å². The molecule has 3 N–H and O–H groups in total. The van der Waals surface area contributed by atoms with Crippen LogP contribution in [-0.2, 0) is 14.3 Å². The van der Waals surface area contributed by atoms with E-state index in [9.17, 15) is 5.11 Å². The van der Waals surface area contributed by atoms with Gasteiger partial charge < -0.3 is 19.5 Å². The summed E-state index contributed by atoms with van der Waals surface area (Å²) in [5.74, 6) is 1.99. The van der Waals surface area contributed by atoms with Gasteiger partial charge in [0.1, 0.15) is 0 Å². The standard InChI is InChI=1S/C39H69IN4O4Si/c1-26-37(49(3,4)31-20-18-30(47-2)19-21-31)35(22-23-43-25-33(41-42-43)36(45)28-10-6-5-7-11-28)48-39(26)32-12-8-9-13-34(32)44(38(39)46)24-27-14-16-29(40)17-15-27/h26-37,41-42,45H,5-25H2,1-4H3/t26-,27?,29?,30?,31?,32?,33?,34?,35+,36-,37-,39+/m0/s1. The molecule has 1 spiro atoms. The van der Waals surface area contributed by atoms with Gasteiger partial charge in [-0.05, 0) is 99.5 Å². The zero-order valence-electron chi connectivity index (χ0n) is 31.2. The topological polar surface area (TPSA) is 86.3 Å². The maximum absolute atomic E-state index is 15.2. The first-order chi connectivity index (χ1) is 23.6. The monoisotopic (exact) mass is 812 g/mol. The van der Waals surface area contributed by atoms with E-state index in [4.69, 9.17) is 9.47 Å². The third kappa shape index (κ3) is 7.36. The maximum atomic E-state index is 15.2. The number of likely N-dealkylation sites (tertiary alicyclic amines) is 1. The molecular formula is C39H69IN4O4Si. The Labute approximate surface area is 312 Å². The van der Waals surface area contributed by atoms with Gasteiger partial charge in [0.15, 0.2) is 5.60 Å². The Hall–Kier alpha value is 0.177. The van der Waals surface area contributed by atoms with Crippen molar-refractivity contribution in [2.45, 2.75) is 187 Å². The number of carbonyl (C=O) groups is 1. The average Bonchev–Trinajstić information content (AvgIpc) is 3.79. The second-order valence-corrected chi connectivity index (χ2v) is 25.2. The Morgan fingerprint density at radius 2 is 1.67 bits per heavy atom. The number of fused-ring (bicyclic) bond motifs is 2. The molecule has 3 aliphatic heterocycles. The molecule has 3 unspecified atom stereocenters. The molecule has 7 fully saturated rings. The third-order valence-corrected chi connectivity index (χ3v) is 22.0. The molecule has 3 saturated heterocycles. The molecule has 4 saturated carbocycles. The molecule has 0 aromatic rings. The lowest BCUT2D eigenvalue weighted by molar-refractivity contribution is -0.156. The fraction of sp³-hybridized carbons (Fsp3) is 0.974. The number of hydrazine groups is 2. The van der Waals surface area contributed by atoms with E-state index in [0.717, 1.165) is 61.2 Å². The van der Waals surface area contributed by atoms with Gasteiger partial charge in [0.05, 0.1) is 32.4 Å². The SMILES string of the molecule is COC1CCC([Si](C)(C)[C@@H]2[C@@H](CCN3CC([C@@H](O)C4CCCCC4)NN3)O[C@]3(C(=O)N(CC4CCC(I)CC4)C4CCCCC43)[C@H]2C)CC1. The number of hydrogen-bond acceptors (Lipinski definition) is 7. The molecule has 280 valence electrons. The van der Waals surface area contributed by atoms with Gasteiger partial charge >= 0.3 is 0 Å². The van der Waals surface area contributed by atoms with Crippen LogP contribution in [0.3, 0.4) is 0 Å². The molecular weight excluding hydrogens is 743 g/mol. The fourth-order valence-electron chi connectivity index (χ4n) is 12.6. The molecule has 1 amide bonds. The van der Waals surface area contributed by atoms with Crippen molar-refractivity contribution >= 4 is 36.6 Å². The van der Waals surface area contributed by atoms with Crippen LogP contribution in [0.2, 0.25) is 24.2 Å². The van der Waals surface area contributed by atoms with E-state index >= 15 is 4.79 Å². The molecule has 0 radical (unpaired) electrons. The summed E-state index contributed by atoms with van der Waals surface area (Å²) in [7, 11) is 0.0135. The summed E-state index contributed by atoms with van der Waals surface area (Å²) in [6.07, 6.45) is 22.0. The van der Waals surface area contributed by atoms with Crippen LogP contribution in [0.4, 0.5) is 0 Å². The van der Waals surface area contributed by atoms with E-state index in [0.29, 0.717) is 41.3 Å². The molecule has 0 aromatic carbocycles. The molecule has 10 heteroatoms. The summed E-state index contributed by atoms with van der Waals surface area (Å²) in [4.78, 5) is 17.6. The fourth-order valence-corrected chi connectivity index (χ4v) is 18.4. The Morgan fingerprint density at radius 1 is 0.980 bits per heavy atom. The predicted octanol–water partition coefficient (Wildman–Crippen LogP) is 7.22. The van der Waals surface area contributed by atoms with Gasteiger partial charge in [0.25, 0.3) is 5.91 Å². The Kier molecular flexibility index (Phi) is 12.1. The van der Waals surface area contributed by atoms with Gasteiger partial charge in [-0.25, -0.2) is 10.4 Å². The quantitative estimate of drug-likeness (QED) is 0.122. The number of halogens is 1. The van der Waals surface area contributed by atoms with E-state index in [-0.39, 0.29) is 24.2 Å². The molecule has 0 aromatic heterocycles. The minimum absolute atomic E-state index is 0.0608. The second-order valence-electron chi connectivity index (χ2n) is 18.3. The second kappa shape index (κ2) is 15.9. The highest BCUT2D eigenvalue weighted by Gasteiger charge is 2.70. The van der Waals surface area contributed by atoms with Crippen LogP contribution in [0.1, 0.15) is 122 Å². The summed E-state index contributed by atoms with van der Waals surface area (Å²) in [5, 5.41) is 13.6. The van der Waals surface area contributed by atoms with Crippen molar-refractivity contribution in [3.63, 3.8) is 0 Å². The average molecular weight is 813 g/mol. The molecule has 0 bridgehead atoms. The smallest absolute Gasteiger partial charge is 0.255 e. The Bertz CT molecular complexity index is 1110. The van der Waals surface area contributed by atoms with Crippen molar-refractivity contribution in [3.8, 4) is 0 Å². The van der Waals surface area contributed by atoms with Gasteiger partial charge in [-0.3, -0.25) is 4.79 Å². The van der Waals surface area contributed by atoms with Crippen LogP contribution in [0.25, 0.3) is 0 Å². The number of aliphatic hydroxyl groups is 1. The van der Waals surface area contributed by atoms with E-state index < -0.39 is 13.7 Å². The highest BCUT2D eigenvalue weighted by molar-refractivity contribution is 14.1. The lowest BCUT2D eigenvalue weighted by Gasteiger charge is -2.45.